The molecule has 2 aliphatic carbocycles. The molecule has 2 fully saturated rings. The maximum Gasteiger partial charge on any atom is 0.255 e. The van der Waals surface area contributed by atoms with E-state index in [-0.39, 0.29) is 5.91 Å². The van der Waals surface area contributed by atoms with Crippen LogP contribution in [0.15, 0.2) is 72.8 Å². The van der Waals surface area contributed by atoms with Crippen molar-refractivity contribution < 1.29 is 9.53 Å². The van der Waals surface area contributed by atoms with Gasteiger partial charge in [0.25, 0.3) is 5.91 Å². The van der Waals surface area contributed by atoms with Crippen molar-refractivity contribution in [3.63, 3.8) is 0 Å². The quantitative estimate of drug-likeness (QED) is 0.521. The van der Waals surface area contributed by atoms with Gasteiger partial charge in [0.2, 0.25) is 0 Å². The molecule has 0 radical (unpaired) electrons. The van der Waals surface area contributed by atoms with Gasteiger partial charge in [0.15, 0.2) is 0 Å². The van der Waals surface area contributed by atoms with Crippen molar-refractivity contribution in [1.82, 2.24) is 0 Å². The molecule has 1 amide bonds. The van der Waals surface area contributed by atoms with Crippen LogP contribution in [-0.4, -0.2) is 13.0 Å². The van der Waals surface area contributed by atoms with Crippen molar-refractivity contribution in [1.29, 1.82) is 0 Å². The fraction of sp³-hybridized carbons (Fsp3) is 0.321. The van der Waals surface area contributed by atoms with Crippen LogP contribution in [0.3, 0.4) is 0 Å². The Morgan fingerprint density at radius 2 is 1.81 bits per heavy atom. The standard InChI is InChI=1S/C28H28N2O2/c1-32-22-9-5-8-21(16-22)29-28(31)20-12-13-24-23(15-20)25-18-10-11-19(14-18)26(25)27(30-24)17-6-3-2-4-7-17/h2-9,12-13,15-16,18-19,25-27,30H,10-11,14H2,1H3,(H,29,31)/t18-,19-,25-,26+,27-/m0/s1. The minimum atomic E-state index is -0.0778. The number of carbonyl (C=O) groups is 1. The van der Waals surface area contributed by atoms with Crippen LogP contribution < -0.4 is 15.4 Å². The molecule has 3 aromatic carbocycles. The molecule has 0 unspecified atom stereocenters. The number of methoxy groups -OCH3 is 1. The summed E-state index contributed by atoms with van der Waals surface area (Å²) in [7, 11) is 1.63. The molecule has 2 N–H and O–H groups in total. The van der Waals surface area contributed by atoms with Gasteiger partial charge in [0, 0.05) is 23.0 Å². The number of rotatable bonds is 4. The van der Waals surface area contributed by atoms with E-state index in [1.165, 1.54) is 36.1 Å². The van der Waals surface area contributed by atoms with E-state index in [0.29, 0.717) is 23.4 Å². The van der Waals surface area contributed by atoms with E-state index in [0.717, 1.165) is 23.3 Å². The van der Waals surface area contributed by atoms with E-state index >= 15 is 0 Å². The topological polar surface area (TPSA) is 50.4 Å². The summed E-state index contributed by atoms with van der Waals surface area (Å²) in [6.45, 7) is 0. The Bertz CT molecular complexity index is 1160. The summed E-state index contributed by atoms with van der Waals surface area (Å²) in [4.78, 5) is 13.1. The monoisotopic (exact) mass is 424 g/mol. The van der Waals surface area contributed by atoms with Crippen LogP contribution in [0.4, 0.5) is 11.4 Å². The van der Waals surface area contributed by atoms with E-state index in [2.05, 4.69) is 53.1 Å². The minimum Gasteiger partial charge on any atom is -0.497 e. The van der Waals surface area contributed by atoms with Gasteiger partial charge < -0.3 is 15.4 Å². The Morgan fingerprint density at radius 1 is 0.969 bits per heavy atom. The number of benzene rings is 3. The van der Waals surface area contributed by atoms with Gasteiger partial charge in [-0.3, -0.25) is 4.79 Å². The predicted molar refractivity (Wildman–Crippen MR) is 127 cm³/mol. The van der Waals surface area contributed by atoms with Crippen LogP contribution in [0.1, 0.15) is 52.7 Å². The lowest BCUT2D eigenvalue weighted by Crippen LogP contribution is -2.35. The molecule has 0 aromatic heterocycles. The maximum absolute atomic E-state index is 13.1. The third-order valence-electron chi connectivity index (χ3n) is 7.84. The SMILES string of the molecule is COc1cccc(NC(=O)c2ccc3c(c2)[C@@H]2[C@H]4CC[C@@H](C4)[C@H]2[C@H](c2ccccc2)N3)c1. The Morgan fingerprint density at radius 3 is 2.66 bits per heavy atom. The summed E-state index contributed by atoms with van der Waals surface area (Å²) in [5.74, 6) is 3.28. The molecule has 0 spiro atoms. The second kappa shape index (κ2) is 7.70. The number of hydrogen-bond acceptors (Lipinski definition) is 3. The van der Waals surface area contributed by atoms with Crippen LogP contribution in [0, 0.1) is 17.8 Å². The highest BCUT2D eigenvalue weighted by atomic mass is 16.5. The fourth-order valence-electron chi connectivity index (χ4n) is 6.52. The van der Waals surface area contributed by atoms with Crippen molar-refractivity contribution in [3.05, 3.63) is 89.5 Å². The Kier molecular flexibility index (Phi) is 4.67. The van der Waals surface area contributed by atoms with Crippen LogP contribution in [0.2, 0.25) is 0 Å². The molecular formula is C28H28N2O2. The highest BCUT2D eigenvalue weighted by Gasteiger charge is 2.53. The van der Waals surface area contributed by atoms with Gasteiger partial charge in [-0.1, -0.05) is 36.4 Å². The molecule has 3 aromatic rings. The molecule has 5 atom stereocenters. The lowest BCUT2D eigenvalue weighted by Gasteiger charge is -2.43. The van der Waals surface area contributed by atoms with Crippen LogP contribution in [-0.2, 0) is 0 Å². The first-order valence-electron chi connectivity index (χ1n) is 11.6. The molecule has 4 nitrogen and oxygen atoms in total. The number of ether oxygens (including phenoxy) is 1. The summed E-state index contributed by atoms with van der Waals surface area (Å²) in [5.41, 5.74) is 5.35. The lowest BCUT2D eigenvalue weighted by atomic mass is 9.68. The highest BCUT2D eigenvalue weighted by Crippen LogP contribution is 2.63. The fourth-order valence-corrected chi connectivity index (χ4v) is 6.52. The molecule has 32 heavy (non-hydrogen) atoms. The number of carbonyl (C=O) groups excluding carboxylic acids is 1. The molecule has 0 saturated heterocycles. The van der Waals surface area contributed by atoms with Crippen LogP contribution >= 0.6 is 0 Å². The maximum atomic E-state index is 13.1. The third kappa shape index (κ3) is 3.17. The summed E-state index contributed by atoms with van der Waals surface area (Å²) in [6, 6.07) is 24.9. The zero-order valence-corrected chi connectivity index (χ0v) is 18.3. The van der Waals surface area contributed by atoms with E-state index < -0.39 is 0 Å². The van der Waals surface area contributed by atoms with Gasteiger partial charge in [-0.15, -0.1) is 0 Å². The molecule has 1 heterocycles. The van der Waals surface area contributed by atoms with Crippen LogP contribution in [0.25, 0.3) is 0 Å². The molecule has 3 aliphatic rings. The number of amides is 1. The number of fused-ring (bicyclic) bond motifs is 7. The van der Waals surface area contributed by atoms with Gasteiger partial charge >= 0.3 is 0 Å². The van der Waals surface area contributed by atoms with Crippen molar-refractivity contribution in [2.45, 2.75) is 31.2 Å². The smallest absolute Gasteiger partial charge is 0.255 e. The van der Waals surface area contributed by atoms with Crippen molar-refractivity contribution in [2.24, 2.45) is 17.8 Å². The predicted octanol–water partition coefficient (Wildman–Crippen LogP) is 6.24. The molecule has 2 saturated carbocycles. The zero-order valence-electron chi connectivity index (χ0n) is 18.3. The third-order valence-corrected chi connectivity index (χ3v) is 7.84. The second-order valence-electron chi connectivity index (χ2n) is 9.46. The van der Waals surface area contributed by atoms with E-state index in [9.17, 15) is 4.79 Å². The average Bonchev–Trinajstić information content (AvgIpc) is 3.47. The number of hydrogen-bond donors (Lipinski definition) is 2. The first-order valence-corrected chi connectivity index (χ1v) is 11.6. The molecule has 2 bridgehead atoms. The first-order chi connectivity index (χ1) is 15.7. The molecular weight excluding hydrogens is 396 g/mol. The Labute approximate surface area is 189 Å². The summed E-state index contributed by atoms with van der Waals surface area (Å²) in [6.07, 6.45) is 3.97. The van der Waals surface area contributed by atoms with Crippen molar-refractivity contribution in [3.8, 4) is 5.75 Å². The Balaban J connectivity index is 1.33. The van der Waals surface area contributed by atoms with Crippen molar-refractivity contribution in [2.75, 3.05) is 17.7 Å². The zero-order chi connectivity index (χ0) is 21.7. The summed E-state index contributed by atoms with van der Waals surface area (Å²) in [5, 5.41) is 6.88. The number of nitrogens with one attached hydrogen (secondary N) is 2. The lowest BCUT2D eigenvalue weighted by molar-refractivity contribution is 0.102. The van der Waals surface area contributed by atoms with E-state index in [4.69, 9.17) is 4.74 Å². The normalized spacial score (nSPS) is 27.2. The highest BCUT2D eigenvalue weighted by molar-refractivity contribution is 6.04. The first kappa shape index (κ1) is 19.4. The molecule has 4 heteroatoms. The Hall–Kier alpha value is -3.27. The largest absolute Gasteiger partial charge is 0.497 e. The average molecular weight is 425 g/mol. The number of anilines is 2. The van der Waals surface area contributed by atoms with Gasteiger partial charge in [-0.2, -0.15) is 0 Å². The van der Waals surface area contributed by atoms with E-state index in [1.54, 1.807) is 7.11 Å². The van der Waals surface area contributed by atoms with Gasteiger partial charge in [0.1, 0.15) is 5.75 Å². The summed E-state index contributed by atoms with van der Waals surface area (Å²) >= 11 is 0. The molecule has 1 aliphatic heterocycles. The van der Waals surface area contributed by atoms with E-state index in [1.807, 2.05) is 30.3 Å². The van der Waals surface area contributed by atoms with Crippen LogP contribution in [0.5, 0.6) is 5.75 Å². The molecule has 6 rings (SSSR count). The second-order valence-corrected chi connectivity index (χ2v) is 9.46. The van der Waals surface area contributed by atoms with Gasteiger partial charge in [0.05, 0.1) is 13.2 Å². The molecule has 162 valence electrons. The van der Waals surface area contributed by atoms with Gasteiger partial charge in [-0.05, 0) is 84.4 Å². The summed E-state index contributed by atoms with van der Waals surface area (Å²) < 4.78 is 5.28. The minimum absolute atomic E-state index is 0.0778. The van der Waals surface area contributed by atoms with Crippen molar-refractivity contribution >= 4 is 17.3 Å². The van der Waals surface area contributed by atoms with Gasteiger partial charge in [-0.25, -0.2) is 0 Å².